The molecule has 1 saturated carbocycles. The molecule has 0 radical (unpaired) electrons. The predicted molar refractivity (Wildman–Crippen MR) is 79.9 cm³/mol. The van der Waals surface area contributed by atoms with Crippen LogP contribution in [0.1, 0.15) is 47.2 Å². The summed E-state index contributed by atoms with van der Waals surface area (Å²) in [6.45, 7) is 2.92. The molecule has 0 spiro atoms. The second kappa shape index (κ2) is 6.22. The van der Waals surface area contributed by atoms with E-state index in [9.17, 15) is 9.59 Å². The second-order valence-corrected chi connectivity index (χ2v) is 6.42. The minimum atomic E-state index is -0.986. The highest BCUT2D eigenvalue weighted by Gasteiger charge is 2.41. The van der Waals surface area contributed by atoms with Gasteiger partial charge in [0.1, 0.15) is 0 Å². The minimum Gasteiger partial charge on any atom is -0.478 e. The molecule has 1 fully saturated rings. The van der Waals surface area contributed by atoms with Crippen molar-refractivity contribution in [3.8, 4) is 0 Å². The third-order valence-electron chi connectivity index (χ3n) is 3.60. The van der Waals surface area contributed by atoms with E-state index in [1.807, 2.05) is 0 Å². The lowest BCUT2D eigenvalue weighted by Gasteiger charge is -2.14. The number of hydrogen-bond acceptors (Lipinski definition) is 3. The first-order chi connectivity index (χ1) is 9.54. The van der Waals surface area contributed by atoms with Crippen molar-refractivity contribution in [3.63, 3.8) is 0 Å². The number of thiophene rings is 1. The highest BCUT2D eigenvalue weighted by molar-refractivity contribution is 7.14. The van der Waals surface area contributed by atoms with Crippen LogP contribution in [0.15, 0.2) is 18.2 Å². The van der Waals surface area contributed by atoms with Gasteiger partial charge in [0.25, 0.3) is 5.91 Å². The molecule has 1 heterocycles. The average Bonchev–Trinajstić information content (AvgIpc) is 3.01. The largest absolute Gasteiger partial charge is 0.478 e. The Hall–Kier alpha value is -1.62. The number of nitrogens with one attached hydrogen (secondary N) is 1. The Labute approximate surface area is 122 Å². The van der Waals surface area contributed by atoms with Gasteiger partial charge in [-0.2, -0.15) is 0 Å². The lowest BCUT2D eigenvalue weighted by atomic mass is 10.0. The standard InChI is InChI=1S/C15H19NO3S/c1-2-7-15(8-9-15)10-16-14(19)12-5-3-11(20-12)4-6-13(17)18/h3-6H,2,7-10H2,1H3,(H,16,19)(H,17,18)/b6-4+. The molecule has 5 heteroatoms. The van der Waals surface area contributed by atoms with Gasteiger partial charge in [0.05, 0.1) is 4.88 Å². The lowest BCUT2D eigenvalue weighted by molar-refractivity contribution is -0.131. The van der Waals surface area contributed by atoms with E-state index in [1.165, 1.54) is 36.7 Å². The first-order valence-electron chi connectivity index (χ1n) is 6.84. The van der Waals surface area contributed by atoms with Gasteiger partial charge < -0.3 is 10.4 Å². The van der Waals surface area contributed by atoms with Crippen LogP contribution in [0.25, 0.3) is 6.08 Å². The maximum atomic E-state index is 12.0. The Morgan fingerprint density at radius 2 is 2.20 bits per heavy atom. The van der Waals surface area contributed by atoms with E-state index in [2.05, 4.69) is 12.2 Å². The Morgan fingerprint density at radius 1 is 1.45 bits per heavy atom. The molecule has 2 N–H and O–H groups in total. The molecule has 0 aliphatic heterocycles. The van der Waals surface area contributed by atoms with Gasteiger partial charge in [0.15, 0.2) is 0 Å². The number of rotatable bonds is 7. The molecule has 1 aliphatic carbocycles. The fourth-order valence-electron chi connectivity index (χ4n) is 2.30. The predicted octanol–water partition coefficient (Wildman–Crippen LogP) is 3.16. The van der Waals surface area contributed by atoms with E-state index < -0.39 is 5.97 Å². The maximum absolute atomic E-state index is 12.0. The van der Waals surface area contributed by atoms with Crippen molar-refractivity contribution in [1.82, 2.24) is 5.32 Å². The van der Waals surface area contributed by atoms with E-state index >= 15 is 0 Å². The Morgan fingerprint density at radius 3 is 2.80 bits per heavy atom. The van der Waals surface area contributed by atoms with Gasteiger partial charge in [0, 0.05) is 17.5 Å². The van der Waals surface area contributed by atoms with Gasteiger partial charge in [0.2, 0.25) is 0 Å². The van der Waals surface area contributed by atoms with Gasteiger partial charge in [-0.25, -0.2) is 4.79 Å². The second-order valence-electron chi connectivity index (χ2n) is 5.31. The molecule has 4 nitrogen and oxygen atoms in total. The van der Waals surface area contributed by atoms with Crippen molar-refractivity contribution in [2.24, 2.45) is 5.41 Å². The van der Waals surface area contributed by atoms with Gasteiger partial charge in [-0.3, -0.25) is 4.79 Å². The average molecular weight is 293 g/mol. The molecule has 2 rings (SSSR count). The molecular weight excluding hydrogens is 274 g/mol. The van der Waals surface area contributed by atoms with Crippen molar-refractivity contribution in [3.05, 3.63) is 28.0 Å². The number of hydrogen-bond donors (Lipinski definition) is 2. The van der Waals surface area contributed by atoms with Crippen molar-refractivity contribution in [2.75, 3.05) is 6.54 Å². The van der Waals surface area contributed by atoms with Crippen molar-refractivity contribution >= 4 is 29.3 Å². The summed E-state index contributed by atoms with van der Waals surface area (Å²) in [4.78, 5) is 23.9. The normalized spacial score (nSPS) is 16.2. The zero-order valence-electron chi connectivity index (χ0n) is 11.5. The number of carboxylic acid groups (broad SMARTS) is 1. The molecule has 0 saturated heterocycles. The van der Waals surface area contributed by atoms with Gasteiger partial charge >= 0.3 is 5.97 Å². The molecule has 20 heavy (non-hydrogen) atoms. The minimum absolute atomic E-state index is 0.0626. The molecule has 108 valence electrons. The fourth-order valence-corrected chi connectivity index (χ4v) is 3.12. The molecule has 1 aromatic rings. The molecule has 0 unspecified atom stereocenters. The van der Waals surface area contributed by atoms with Crippen LogP contribution in [0.4, 0.5) is 0 Å². The molecule has 1 aromatic heterocycles. The number of carbonyl (C=O) groups is 2. The van der Waals surface area contributed by atoms with Crippen LogP contribution in [0.2, 0.25) is 0 Å². The molecule has 0 bridgehead atoms. The fraction of sp³-hybridized carbons (Fsp3) is 0.467. The molecule has 1 aliphatic rings. The summed E-state index contributed by atoms with van der Waals surface area (Å²) in [6, 6.07) is 3.50. The van der Waals surface area contributed by atoms with Crippen LogP contribution in [-0.4, -0.2) is 23.5 Å². The van der Waals surface area contributed by atoms with E-state index in [0.717, 1.165) is 23.9 Å². The zero-order chi connectivity index (χ0) is 14.6. The van der Waals surface area contributed by atoms with Crippen LogP contribution in [0.3, 0.4) is 0 Å². The lowest BCUT2D eigenvalue weighted by Crippen LogP contribution is -2.29. The summed E-state index contributed by atoms with van der Waals surface area (Å²) in [6.07, 6.45) is 7.32. The first kappa shape index (κ1) is 14.8. The van der Waals surface area contributed by atoms with Crippen LogP contribution < -0.4 is 5.32 Å². The summed E-state index contributed by atoms with van der Waals surface area (Å²) in [5, 5.41) is 11.6. The Balaban J connectivity index is 1.88. The first-order valence-corrected chi connectivity index (χ1v) is 7.65. The summed E-state index contributed by atoms with van der Waals surface area (Å²) >= 11 is 1.31. The van der Waals surface area contributed by atoms with E-state index in [-0.39, 0.29) is 5.91 Å². The zero-order valence-corrected chi connectivity index (χ0v) is 12.3. The van der Waals surface area contributed by atoms with Crippen LogP contribution in [0.5, 0.6) is 0 Å². The summed E-state index contributed by atoms with van der Waals surface area (Å²) in [5.41, 5.74) is 0.341. The third kappa shape index (κ3) is 3.93. The van der Waals surface area contributed by atoms with Crippen molar-refractivity contribution in [2.45, 2.75) is 32.6 Å². The monoisotopic (exact) mass is 293 g/mol. The van der Waals surface area contributed by atoms with Crippen LogP contribution in [0, 0.1) is 5.41 Å². The molecule has 1 amide bonds. The Bertz CT molecular complexity index is 529. The topological polar surface area (TPSA) is 66.4 Å². The van der Waals surface area contributed by atoms with Crippen molar-refractivity contribution < 1.29 is 14.7 Å². The maximum Gasteiger partial charge on any atom is 0.328 e. The number of carboxylic acids is 1. The number of amides is 1. The van der Waals surface area contributed by atoms with Gasteiger partial charge in [-0.05, 0) is 42.9 Å². The highest BCUT2D eigenvalue weighted by atomic mass is 32.1. The highest BCUT2D eigenvalue weighted by Crippen LogP contribution is 2.48. The van der Waals surface area contributed by atoms with E-state index in [1.54, 1.807) is 12.1 Å². The van der Waals surface area contributed by atoms with Gasteiger partial charge in [-0.15, -0.1) is 11.3 Å². The number of aliphatic carboxylic acids is 1. The molecular formula is C15H19NO3S. The molecule has 0 aromatic carbocycles. The van der Waals surface area contributed by atoms with Crippen LogP contribution in [-0.2, 0) is 4.79 Å². The Kier molecular flexibility index (Phi) is 4.60. The van der Waals surface area contributed by atoms with Crippen molar-refractivity contribution in [1.29, 1.82) is 0 Å². The third-order valence-corrected chi connectivity index (χ3v) is 4.65. The quantitative estimate of drug-likeness (QED) is 0.759. The van der Waals surface area contributed by atoms with E-state index in [0.29, 0.717) is 10.3 Å². The molecule has 0 atom stereocenters. The summed E-state index contributed by atoms with van der Waals surface area (Å²) in [7, 11) is 0. The van der Waals surface area contributed by atoms with E-state index in [4.69, 9.17) is 5.11 Å². The SMILES string of the molecule is CCCC1(CNC(=O)c2ccc(/C=C/C(=O)O)s2)CC1. The summed E-state index contributed by atoms with van der Waals surface area (Å²) < 4.78 is 0. The van der Waals surface area contributed by atoms with Crippen LogP contribution >= 0.6 is 11.3 Å². The van der Waals surface area contributed by atoms with Gasteiger partial charge in [-0.1, -0.05) is 13.3 Å². The smallest absolute Gasteiger partial charge is 0.328 e. The number of carbonyl (C=O) groups excluding carboxylic acids is 1. The summed E-state index contributed by atoms with van der Waals surface area (Å²) in [5.74, 6) is -1.05.